The molecule has 0 aliphatic carbocycles. The van der Waals surface area contributed by atoms with Gasteiger partial charge in [0.2, 0.25) is 0 Å². The van der Waals surface area contributed by atoms with Crippen molar-refractivity contribution in [1.29, 1.82) is 5.26 Å². The van der Waals surface area contributed by atoms with Crippen LogP contribution in [0.3, 0.4) is 0 Å². The second-order valence-corrected chi connectivity index (χ2v) is 2.99. The molecule has 0 aromatic carbocycles. The lowest BCUT2D eigenvalue weighted by Gasteiger charge is -2.04. The van der Waals surface area contributed by atoms with E-state index >= 15 is 0 Å². The molecule has 1 rings (SSSR count). The zero-order chi connectivity index (χ0) is 9.68. The van der Waals surface area contributed by atoms with Crippen molar-refractivity contribution in [3.05, 3.63) is 34.2 Å². The summed E-state index contributed by atoms with van der Waals surface area (Å²) in [5, 5.41) is 8.33. The molecule has 0 saturated heterocycles. The number of pyridine rings is 1. The average Bonchev–Trinajstić information content (AvgIpc) is 2.12. The lowest BCUT2D eigenvalue weighted by Crippen LogP contribution is -2.08. The third-order valence-electron chi connectivity index (χ3n) is 1.87. The van der Waals surface area contributed by atoms with E-state index in [2.05, 4.69) is 6.07 Å². The van der Waals surface area contributed by atoms with E-state index in [1.54, 1.807) is 19.2 Å². The quantitative estimate of drug-likeness (QED) is 0.654. The molecule has 0 saturated carbocycles. The Morgan fingerprint density at radius 2 is 2.38 bits per heavy atom. The first-order valence-corrected chi connectivity index (χ1v) is 4.27. The Labute approximate surface area is 77.2 Å². The van der Waals surface area contributed by atoms with E-state index in [4.69, 9.17) is 5.26 Å². The van der Waals surface area contributed by atoms with Crippen LogP contribution >= 0.6 is 0 Å². The highest BCUT2D eigenvalue weighted by Gasteiger charge is 1.93. The highest BCUT2D eigenvalue weighted by molar-refractivity contribution is 5.07. The number of hydrogen-bond donors (Lipinski definition) is 0. The minimum Gasteiger partial charge on any atom is -0.354 e. The molecule has 0 N–H and O–H groups in total. The van der Waals surface area contributed by atoms with E-state index < -0.39 is 0 Å². The van der Waals surface area contributed by atoms with Gasteiger partial charge in [-0.3, -0.25) is 4.79 Å². The van der Waals surface area contributed by atoms with Crippen LogP contribution in [0.4, 0.5) is 0 Å². The van der Waals surface area contributed by atoms with Crippen molar-refractivity contribution in [2.45, 2.75) is 26.3 Å². The average molecular weight is 176 g/mol. The van der Waals surface area contributed by atoms with Crippen molar-refractivity contribution in [2.75, 3.05) is 0 Å². The van der Waals surface area contributed by atoms with Gasteiger partial charge in [0, 0.05) is 37.0 Å². The summed E-state index contributed by atoms with van der Waals surface area (Å²) in [5.41, 5.74) is 0.816. The van der Waals surface area contributed by atoms with E-state index in [9.17, 15) is 4.79 Å². The van der Waals surface area contributed by atoms with Crippen LogP contribution in [-0.4, -0.2) is 4.57 Å². The summed E-state index contributed by atoms with van der Waals surface area (Å²) in [6, 6.07) is 3.65. The number of rotatable bonds is 3. The molecule has 68 valence electrons. The standard InChI is InChI=1S/C10H12N2O/c1-9-8-12(6-3-2-5-11)7-4-10(9)13/h4,7-8H,2-3,6H2,1H3. The molecule has 0 radical (unpaired) electrons. The zero-order valence-corrected chi connectivity index (χ0v) is 7.66. The molecular formula is C10H12N2O. The van der Waals surface area contributed by atoms with E-state index in [0.717, 1.165) is 18.5 Å². The largest absolute Gasteiger partial charge is 0.354 e. The topological polar surface area (TPSA) is 45.8 Å². The molecule has 0 fully saturated rings. The first-order valence-electron chi connectivity index (χ1n) is 4.27. The summed E-state index contributed by atoms with van der Waals surface area (Å²) < 4.78 is 1.94. The molecule has 3 nitrogen and oxygen atoms in total. The van der Waals surface area contributed by atoms with Crippen molar-refractivity contribution >= 4 is 0 Å². The molecule has 0 aliphatic rings. The fourth-order valence-electron chi connectivity index (χ4n) is 1.13. The molecule has 1 heterocycles. The summed E-state index contributed by atoms with van der Waals surface area (Å²) in [6.07, 6.45) is 4.97. The molecule has 3 heteroatoms. The highest BCUT2D eigenvalue weighted by Crippen LogP contribution is 1.95. The fraction of sp³-hybridized carbons (Fsp3) is 0.400. The minimum atomic E-state index is 0.0662. The Hall–Kier alpha value is -1.56. The van der Waals surface area contributed by atoms with Crippen molar-refractivity contribution in [1.82, 2.24) is 4.57 Å². The highest BCUT2D eigenvalue weighted by atomic mass is 16.1. The van der Waals surface area contributed by atoms with Gasteiger partial charge in [0.15, 0.2) is 5.43 Å². The fourth-order valence-corrected chi connectivity index (χ4v) is 1.13. The minimum absolute atomic E-state index is 0.0662. The Morgan fingerprint density at radius 3 is 3.00 bits per heavy atom. The molecule has 1 aromatic rings. The van der Waals surface area contributed by atoms with Crippen LogP contribution in [-0.2, 0) is 6.54 Å². The van der Waals surface area contributed by atoms with E-state index in [0.29, 0.717) is 6.42 Å². The number of unbranched alkanes of at least 4 members (excludes halogenated alkanes) is 1. The predicted molar refractivity (Wildman–Crippen MR) is 50.3 cm³/mol. The van der Waals surface area contributed by atoms with Crippen LogP contribution < -0.4 is 5.43 Å². The Balaban J connectivity index is 2.64. The number of hydrogen-bond acceptors (Lipinski definition) is 2. The maximum atomic E-state index is 11.0. The lowest BCUT2D eigenvalue weighted by molar-refractivity contribution is 0.646. The number of aryl methyl sites for hydroxylation is 2. The van der Waals surface area contributed by atoms with Gasteiger partial charge in [0.1, 0.15) is 0 Å². The number of nitriles is 1. The van der Waals surface area contributed by atoms with Gasteiger partial charge in [0.25, 0.3) is 0 Å². The SMILES string of the molecule is Cc1cn(CCCC#N)ccc1=O. The van der Waals surface area contributed by atoms with Gasteiger partial charge < -0.3 is 4.57 Å². The Morgan fingerprint density at radius 1 is 1.62 bits per heavy atom. The second kappa shape index (κ2) is 4.46. The summed E-state index contributed by atoms with van der Waals surface area (Å²) in [5.74, 6) is 0. The van der Waals surface area contributed by atoms with Crippen LogP contribution in [0.1, 0.15) is 18.4 Å². The maximum absolute atomic E-state index is 11.0. The van der Waals surface area contributed by atoms with Crippen LogP contribution in [0.5, 0.6) is 0 Å². The van der Waals surface area contributed by atoms with Crippen molar-refractivity contribution < 1.29 is 0 Å². The molecule has 1 aromatic heterocycles. The van der Waals surface area contributed by atoms with Crippen molar-refractivity contribution in [3.8, 4) is 6.07 Å². The molecule has 0 spiro atoms. The number of aromatic nitrogens is 1. The monoisotopic (exact) mass is 176 g/mol. The van der Waals surface area contributed by atoms with Crippen LogP contribution in [0.2, 0.25) is 0 Å². The molecule has 0 atom stereocenters. The van der Waals surface area contributed by atoms with Gasteiger partial charge in [-0.15, -0.1) is 0 Å². The summed E-state index contributed by atoms with van der Waals surface area (Å²) >= 11 is 0. The Bertz CT molecular complexity index is 373. The second-order valence-electron chi connectivity index (χ2n) is 2.99. The van der Waals surface area contributed by atoms with Gasteiger partial charge in [-0.1, -0.05) is 0 Å². The van der Waals surface area contributed by atoms with Gasteiger partial charge in [-0.2, -0.15) is 5.26 Å². The molecule has 0 aliphatic heterocycles. The lowest BCUT2D eigenvalue weighted by atomic mass is 10.3. The maximum Gasteiger partial charge on any atom is 0.184 e. The first-order chi connectivity index (χ1) is 6.24. The van der Waals surface area contributed by atoms with Crippen LogP contribution in [0, 0.1) is 18.3 Å². The van der Waals surface area contributed by atoms with Gasteiger partial charge in [0.05, 0.1) is 6.07 Å². The molecule has 13 heavy (non-hydrogen) atoms. The normalized spacial score (nSPS) is 9.54. The van der Waals surface area contributed by atoms with Gasteiger partial charge in [-0.05, 0) is 13.3 Å². The summed E-state index contributed by atoms with van der Waals surface area (Å²) in [7, 11) is 0. The third kappa shape index (κ3) is 2.75. The van der Waals surface area contributed by atoms with Gasteiger partial charge >= 0.3 is 0 Å². The smallest absolute Gasteiger partial charge is 0.184 e. The van der Waals surface area contributed by atoms with Crippen LogP contribution in [0.15, 0.2) is 23.3 Å². The van der Waals surface area contributed by atoms with Crippen LogP contribution in [0.25, 0.3) is 0 Å². The molecule has 0 amide bonds. The third-order valence-corrected chi connectivity index (χ3v) is 1.87. The molecule has 0 bridgehead atoms. The van der Waals surface area contributed by atoms with E-state index in [1.807, 2.05) is 10.8 Å². The van der Waals surface area contributed by atoms with E-state index in [1.165, 1.54) is 0 Å². The number of nitrogens with zero attached hydrogens (tertiary/aromatic N) is 2. The zero-order valence-electron chi connectivity index (χ0n) is 7.66. The molecular weight excluding hydrogens is 164 g/mol. The first kappa shape index (κ1) is 9.53. The van der Waals surface area contributed by atoms with Crippen molar-refractivity contribution in [2.24, 2.45) is 0 Å². The summed E-state index contributed by atoms with van der Waals surface area (Å²) in [6.45, 7) is 2.60. The van der Waals surface area contributed by atoms with Gasteiger partial charge in [-0.25, -0.2) is 0 Å². The van der Waals surface area contributed by atoms with Crippen molar-refractivity contribution in [3.63, 3.8) is 0 Å². The Kier molecular flexibility index (Phi) is 3.27. The predicted octanol–water partition coefficient (Wildman–Crippen LogP) is 1.46. The molecule has 0 unspecified atom stereocenters. The summed E-state index contributed by atoms with van der Waals surface area (Å²) in [4.78, 5) is 11.0. The van der Waals surface area contributed by atoms with E-state index in [-0.39, 0.29) is 5.43 Å².